The van der Waals surface area contributed by atoms with Crippen LogP contribution in [0.4, 0.5) is 0 Å². The lowest BCUT2D eigenvalue weighted by Gasteiger charge is -2.07. The molecule has 5 heteroatoms. The fourth-order valence-electron chi connectivity index (χ4n) is 1.51. The molecule has 3 nitrogen and oxygen atoms in total. The second-order valence-electron chi connectivity index (χ2n) is 3.51. The Bertz CT molecular complexity index is 628. The quantitative estimate of drug-likeness (QED) is 0.632. The highest BCUT2D eigenvalue weighted by Gasteiger charge is 2.15. The van der Waals surface area contributed by atoms with Crippen LogP contribution in [0.2, 0.25) is 5.02 Å². The maximum absolute atomic E-state index is 11.7. The first-order valence-electron chi connectivity index (χ1n) is 5.16. The van der Waals surface area contributed by atoms with E-state index < -0.39 is 5.97 Å². The first-order chi connectivity index (χ1) is 8.65. The SMILES string of the molecule is C=CCOC(=O)c1cnc2c(Br)cccc2c1Cl. The van der Waals surface area contributed by atoms with Crippen LogP contribution in [0.3, 0.4) is 0 Å². The van der Waals surface area contributed by atoms with Gasteiger partial charge < -0.3 is 4.74 Å². The van der Waals surface area contributed by atoms with Gasteiger partial charge in [-0.1, -0.05) is 36.4 Å². The zero-order valence-corrected chi connectivity index (χ0v) is 11.7. The number of nitrogens with zero attached hydrogens (tertiary/aromatic N) is 1. The van der Waals surface area contributed by atoms with Crippen molar-refractivity contribution in [2.75, 3.05) is 6.61 Å². The molecule has 1 aromatic carbocycles. The molecule has 0 bridgehead atoms. The summed E-state index contributed by atoms with van der Waals surface area (Å²) in [4.78, 5) is 16.0. The molecule has 92 valence electrons. The summed E-state index contributed by atoms with van der Waals surface area (Å²) in [7, 11) is 0. The van der Waals surface area contributed by atoms with Crippen LogP contribution < -0.4 is 0 Å². The molecule has 0 aliphatic carbocycles. The summed E-state index contributed by atoms with van der Waals surface area (Å²) in [5, 5.41) is 1.05. The molecule has 0 amide bonds. The molecular formula is C13H9BrClNO2. The van der Waals surface area contributed by atoms with Crippen molar-refractivity contribution < 1.29 is 9.53 Å². The van der Waals surface area contributed by atoms with Gasteiger partial charge in [-0.15, -0.1) is 0 Å². The molecule has 0 atom stereocenters. The molecule has 0 radical (unpaired) electrons. The van der Waals surface area contributed by atoms with Crippen molar-refractivity contribution in [3.63, 3.8) is 0 Å². The van der Waals surface area contributed by atoms with Crippen molar-refractivity contribution in [3.05, 3.63) is 52.1 Å². The summed E-state index contributed by atoms with van der Waals surface area (Å²) in [5.74, 6) is -0.505. The molecule has 0 aliphatic rings. The Hall–Kier alpha value is -1.39. The standard InChI is InChI=1S/C13H9BrClNO2/c1-2-6-18-13(17)9-7-16-12-8(11(9)15)4-3-5-10(12)14/h2-5,7H,1,6H2. The van der Waals surface area contributed by atoms with Crippen LogP contribution in [0.5, 0.6) is 0 Å². The van der Waals surface area contributed by atoms with Crippen molar-refractivity contribution in [1.29, 1.82) is 0 Å². The van der Waals surface area contributed by atoms with Crippen LogP contribution in [0.25, 0.3) is 10.9 Å². The Morgan fingerprint density at radius 2 is 2.33 bits per heavy atom. The molecule has 18 heavy (non-hydrogen) atoms. The van der Waals surface area contributed by atoms with Gasteiger partial charge in [0.25, 0.3) is 0 Å². The maximum Gasteiger partial charge on any atom is 0.341 e. The predicted octanol–water partition coefficient (Wildman–Crippen LogP) is 3.99. The predicted molar refractivity (Wildman–Crippen MR) is 74.9 cm³/mol. The Morgan fingerprint density at radius 1 is 1.56 bits per heavy atom. The number of carbonyl (C=O) groups is 1. The zero-order chi connectivity index (χ0) is 13.1. The van der Waals surface area contributed by atoms with Gasteiger partial charge in [0.15, 0.2) is 0 Å². The summed E-state index contributed by atoms with van der Waals surface area (Å²) < 4.78 is 5.77. The Balaban J connectivity index is 2.51. The minimum Gasteiger partial charge on any atom is -0.458 e. The normalized spacial score (nSPS) is 10.3. The van der Waals surface area contributed by atoms with Gasteiger partial charge in [-0.25, -0.2) is 4.79 Å². The van der Waals surface area contributed by atoms with E-state index in [1.807, 2.05) is 12.1 Å². The third kappa shape index (κ3) is 2.40. The van der Waals surface area contributed by atoms with Gasteiger partial charge in [-0.3, -0.25) is 4.98 Å². The molecule has 1 aromatic heterocycles. The number of fused-ring (bicyclic) bond motifs is 1. The summed E-state index contributed by atoms with van der Waals surface area (Å²) in [6.45, 7) is 3.62. The number of hydrogen-bond donors (Lipinski definition) is 0. The fraction of sp³-hybridized carbons (Fsp3) is 0.0769. The smallest absolute Gasteiger partial charge is 0.341 e. The van der Waals surface area contributed by atoms with Gasteiger partial charge in [0.05, 0.1) is 16.1 Å². The molecule has 0 saturated carbocycles. The van der Waals surface area contributed by atoms with Crippen molar-refractivity contribution in [3.8, 4) is 0 Å². The Kier molecular flexibility index (Phi) is 3.99. The lowest BCUT2D eigenvalue weighted by molar-refractivity contribution is 0.0549. The molecule has 0 aliphatic heterocycles. The van der Waals surface area contributed by atoms with Crippen LogP contribution in [0, 0.1) is 0 Å². The molecular weight excluding hydrogens is 318 g/mol. The number of halogens is 2. The topological polar surface area (TPSA) is 39.2 Å². The van der Waals surface area contributed by atoms with Gasteiger partial charge >= 0.3 is 5.97 Å². The minimum atomic E-state index is -0.505. The van der Waals surface area contributed by atoms with Crippen molar-refractivity contribution in [2.45, 2.75) is 0 Å². The second-order valence-corrected chi connectivity index (χ2v) is 4.74. The summed E-state index contributed by atoms with van der Waals surface area (Å²) in [6, 6.07) is 5.50. The molecule has 0 unspecified atom stereocenters. The third-order valence-corrected chi connectivity index (χ3v) is 3.38. The molecule has 0 saturated heterocycles. The van der Waals surface area contributed by atoms with E-state index >= 15 is 0 Å². The zero-order valence-electron chi connectivity index (χ0n) is 9.32. The summed E-state index contributed by atoms with van der Waals surface area (Å²) >= 11 is 9.58. The van der Waals surface area contributed by atoms with Gasteiger partial charge in [0.1, 0.15) is 6.61 Å². The lowest BCUT2D eigenvalue weighted by atomic mass is 10.1. The van der Waals surface area contributed by atoms with E-state index in [0.29, 0.717) is 15.9 Å². The monoisotopic (exact) mass is 325 g/mol. The number of benzene rings is 1. The van der Waals surface area contributed by atoms with Crippen LogP contribution in [-0.2, 0) is 4.74 Å². The average Bonchev–Trinajstić information content (AvgIpc) is 2.37. The van der Waals surface area contributed by atoms with Gasteiger partial charge in [-0.05, 0) is 22.0 Å². The fourth-order valence-corrected chi connectivity index (χ4v) is 2.26. The van der Waals surface area contributed by atoms with Crippen LogP contribution in [0.15, 0.2) is 41.5 Å². The van der Waals surface area contributed by atoms with Crippen LogP contribution in [-0.4, -0.2) is 17.6 Å². The molecule has 0 fully saturated rings. The maximum atomic E-state index is 11.7. The minimum absolute atomic E-state index is 0.145. The molecule has 1 heterocycles. The van der Waals surface area contributed by atoms with Crippen LogP contribution >= 0.6 is 27.5 Å². The van der Waals surface area contributed by atoms with Crippen molar-refractivity contribution in [2.24, 2.45) is 0 Å². The number of pyridine rings is 1. The largest absolute Gasteiger partial charge is 0.458 e. The summed E-state index contributed by atoms with van der Waals surface area (Å²) in [6.07, 6.45) is 2.91. The first kappa shape index (κ1) is 13.1. The molecule has 2 aromatic rings. The number of esters is 1. The lowest BCUT2D eigenvalue weighted by Crippen LogP contribution is -2.06. The van der Waals surface area contributed by atoms with Gasteiger partial charge in [0, 0.05) is 16.1 Å². The average molecular weight is 327 g/mol. The number of hydrogen-bond acceptors (Lipinski definition) is 3. The number of carbonyl (C=O) groups excluding carboxylic acids is 1. The number of rotatable bonds is 3. The van der Waals surface area contributed by atoms with Crippen molar-refractivity contribution in [1.82, 2.24) is 4.98 Å². The van der Waals surface area contributed by atoms with E-state index in [-0.39, 0.29) is 12.2 Å². The van der Waals surface area contributed by atoms with E-state index in [1.165, 1.54) is 12.3 Å². The van der Waals surface area contributed by atoms with E-state index in [4.69, 9.17) is 16.3 Å². The highest BCUT2D eigenvalue weighted by atomic mass is 79.9. The van der Waals surface area contributed by atoms with Gasteiger partial charge in [-0.2, -0.15) is 0 Å². The van der Waals surface area contributed by atoms with E-state index in [0.717, 1.165) is 4.47 Å². The summed E-state index contributed by atoms with van der Waals surface area (Å²) in [5.41, 5.74) is 0.965. The highest BCUT2D eigenvalue weighted by Crippen LogP contribution is 2.30. The van der Waals surface area contributed by atoms with Crippen molar-refractivity contribution >= 4 is 44.4 Å². The number of ether oxygens (including phenoxy) is 1. The number of para-hydroxylation sites is 1. The molecule has 2 rings (SSSR count). The van der Waals surface area contributed by atoms with Crippen LogP contribution in [0.1, 0.15) is 10.4 Å². The highest BCUT2D eigenvalue weighted by molar-refractivity contribution is 9.10. The number of aromatic nitrogens is 1. The van der Waals surface area contributed by atoms with E-state index in [2.05, 4.69) is 27.5 Å². The Labute approximate surface area is 118 Å². The van der Waals surface area contributed by atoms with E-state index in [1.54, 1.807) is 6.07 Å². The Morgan fingerprint density at radius 3 is 3.06 bits per heavy atom. The first-order valence-corrected chi connectivity index (χ1v) is 6.33. The molecule has 0 spiro atoms. The second kappa shape index (κ2) is 5.50. The van der Waals surface area contributed by atoms with Gasteiger partial charge in [0.2, 0.25) is 0 Å². The third-order valence-electron chi connectivity index (χ3n) is 2.33. The van der Waals surface area contributed by atoms with E-state index in [9.17, 15) is 4.79 Å². The molecule has 0 N–H and O–H groups in total.